The number of hydrogen-bond acceptors (Lipinski definition) is 4. The Kier molecular flexibility index (Phi) is 2.96. The quantitative estimate of drug-likeness (QED) is 0.790. The van der Waals surface area contributed by atoms with E-state index in [0.29, 0.717) is 12.0 Å². The number of nitrogens with two attached hydrogens (primary N) is 2. The molecule has 2 atom stereocenters. The van der Waals surface area contributed by atoms with Crippen molar-refractivity contribution in [2.45, 2.75) is 38.6 Å². The van der Waals surface area contributed by atoms with Crippen LogP contribution in [-0.4, -0.2) is 17.1 Å². The lowest BCUT2D eigenvalue weighted by molar-refractivity contribution is 0.0963. The first-order valence-corrected chi connectivity index (χ1v) is 5.58. The number of aromatic nitrogens is 1. The van der Waals surface area contributed by atoms with E-state index in [4.69, 9.17) is 16.0 Å². The molecule has 2 rings (SSSR count). The van der Waals surface area contributed by atoms with Crippen molar-refractivity contribution in [3.63, 3.8) is 0 Å². The molecule has 0 aliphatic heterocycles. The highest BCUT2D eigenvalue weighted by atomic mass is 16.5. The van der Waals surface area contributed by atoms with Crippen LogP contribution in [0.5, 0.6) is 0 Å². The average molecular weight is 223 g/mol. The summed E-state index contributed by atoms with van der Waals surface area (Å²) in [5.41, 5.74) is 12.7. The summed E-state index contributed by atoms with van der Waals surface area (Å²) in [6, 6.07) is 0.294. The van der Waals surface area contributed by atoms with Crippen molar-refractivity contribution in [2.75, 3.05) is 0 Å². The van der Waals surface area contributed by atoms with Crippen LogP contribution < -0.4 is 11.5 Å². The van der Waals surface area contributed by atoms with E-state index in [2.05, 4.69) is 5.16 Å². The summed E-state index contributed by atoms with van der Waals surface area (Å²) in [5, 5.41) is 3.79. The molecule has 1 aromatic rings. The maximum atomic E-state index is 11.1. The molecule has 0 saturated heterocycles. The molecule has 16 heavy (non-hydrogen) atoms. The van der Waals surface area contributed by atoms with Gasteiger partial charge in [0.1, 0.15) is 0 Å². The fourth-order valence-electron chi connectivity index (χ4n) is 2.41. The van der Waals surface area contributed by atoms with Gasteiger partial charge in [-0.2, -0.15) is 0 Å². The van der Waals surface area contributed by atoms with E-state index in [1.54, 1.807) is 0 Å². The average Bonchev–Trinajstić information content (AvgIpc) is 2.76. The van der Waals surface area contributed by atoms with Crippen molar-refractivity contribution < 1.29 is 9.32 Å². The van der Waals surface area contributed by atoms with Gasteiger partial charge in [0.15, 0.2) is 0 Å². The number of hydrogen-bond donors (Lipinski definition) is 2. The molecular weight excluding hydrogens is 206 g/mol. The summed E-state index contributed by atoms with van der Waals surface area (Å²) in [7, 11) is 0. The largest absolute Gasteiger partial charge is 0.363 e. The third kappa shape index (κ3) is 2.09. The van der Waals surface area contributed by atoms with Crippen LogP contribution in [0.25, 0.3) is 0 Å². The summed E-state index contributed by atoms with van der Waals surface area (Å²) in [5.74, 6) is 0.182. The lowest BCUT2D eigenvalue weighted by atomic mass is 9.96. The minimum absolute atomic E-state index is 0.206. The maximum Gasteiger partial charge on any atom is 0.287 e. The molecule has 1 aliphatic rings. The molecule has 5 nitrogen and oxygen atoms in total. The number of primary amides is 1. The number of carbonyl (C=O) groups is 1. The topological polar surface area (TPSA) is 95.1 Å². The van der Waals surface area contributed by atoms with Crippen molar-refractivity contribution in [3.05, 3.63) is 17.0 Å². The Hall–Kier alpha value is -1.36. The Bertz CT molecular complexity index is 400. The van der Waals surface area contributed by atoms with Gasteiger partial charge in [-0.3, -0.25) is 4.79 Å². The van der Waals surface area contributed by atoms with Crippen LogP contribution >= 0.6 is 0 Å². The number of amides is 1. The number of rotatable bonds is 3. The molecule has 0 spiro atoms. The highest BCUT2D eigenvalue weighted by molar-refractivity contribution is 5.91. The summed E-state index contributed by atoms with van der Waals surface area (Å²) in [6.07, 6.45) is 3.95. The fourth-order valence-corrected chi connectivity index (χ4v) is 2.41. The van der Waals surface area contributed by atoms with E-state index >= 15 is 0 Å². The normalized spacial score (nSPS) is 24.9. The van der Waals surface area contributed by atoms with Gasteiger partial charge in [-0.25, -0.2) is 0 Å². The second kappa shape index (κ2) is 4.25. The Morgan fingerprint density at radius 2 is 2.31 bits per heavy atom. The molecule has 1 amide bonds. The number of aryl methyl sites for hydroxylation is 1. The Morgan fingerprint density at radius 3 is 2.88 bits per heavy atom. The van der Waals surface area contributed by atoms with Gasteiger partial charge in [0.25, 0.3) is 5.91 Å². The molecule has 4 N–H and O–H groups in total. The monoisotopic (exact) mass is 223 g/mol. The zero-order valence-corrected chi connectivity index (χ0v) is 9.40. The second-order valence-corrected chi connectivity index (χ2v) is 4.58. The molecular formula is C11H17N3O2. The second-order valence-electron chi connectivity index (χ2n) is 4.58. The van der Waals surface area contributed by atoms with Crippen LogP contribution in [0.4, 0.5) is 0 Å². The van der Waals surface area contributed by atoms with Gasteiger partial charge in [-0.05, 0) is 38.5 Å². The standard InChI is InChI=1S/C11H17N3O2/c1-6-9(10(11(13)15)16-14-6)5-7-2-3-8(12)4-7/h7-8H,2-5,12H2,1H3,(H2,13,15)/t7-,8-/m0/s1. The lowest BCUT2D eigenvalue weighted by Gasteiger charge is -2.08. The lowest BCUT2D eigenvalue weighted by Crippen LogP contribution is -2.16. The highest BCUT2D eigenvalue weighted by Gasteiger charge is 2.26. The summed E-state index contributed by atoms with van der Waals surface area (Å²) in [6.45, 7) is 1.83. The molecule has 0 aromatic carbocycles. The minimum atomic E-state index is -0.544. The SMILES string of the molecule is Cc1noc(C(N)=O)c1C[C@H]1CC[C@H](N)C1. The Balaban J connectivity index is 2.14. The van der Waals surface area contributed by atoms with E-state index < -0.39 is 5.91 Å². The van der Waals surface area contributed by atoms with E-state index in [9.17, 15) is 4.79 Å². The Morgan fingerprint density at radius 1 is 1.56 bits per heavy atom. The molecule has 1 aromatic heterocycles. The van der Waals surface area contributed by atoms with Crippen molar-refractivity contribution in [3.8, 4) is 0 Å². The fraction of sp³-hybridized carbons (Fsp3) is 0.636. The maximum absolute atomic E-state index is 11.1. The Labute approximate surface area is 94.2 Å². The van der Waals surface area contributed by atoms with Gasteiger partial charge in [0, 0.05) is 11.6 Å². The summed E-state index contributed by atoms with van der Waals surface area (Å²) >= 11 is 0. The number of nitrogens with zero attached hydrogens (tertiary/aromatic N) is 1. The predicted molar refractivity (Wildman–Crippen MR) is 58.8 cm³/mol. The first kappa shape index (κ1) is 11.1. The smallest absolute Gasteiger partial charge is 0.287 e. The van der Waals surface area contributed by atoms with Gasteiger partial charge < -0.3 is 16.0 Å². The molecule has 0 radical (unpaired) electrons. The first-order chi connectivity index (χ1) is 7.58. The molecule has 88 valence electrons. The zero-order valence-electron chi connectivity index (χ0n) is 9.40. The molecule has 1 heterocycles. The van der Waals surface area contributed by atoms with Crippen molar-refractivity contribution in [1.82, 2.24) is 5.16 Å². The molecule has 0 bridgehead atoms. The van der Waals surface area contributed by atoms with Crippen LogP contribution in [0.3, 0.4) is 0 Å². The van der Waals surface area contributed by atoms with Crippen molar-refractivity contribution in [2.24, 2.45) is 17.4 Å². The van der Waals surface area contributed by atoms with Gasteiger partial charge in [0.05, 0.1) is 5.69 Å². The first-order valence-electron chi connectivity index (χ1n) is 5.58. The predicted octanol–water partition coefficient (Wildman–Crippen LogP) is 0.752. The minimum Gasteiger partial charge on any atom is -0.363 e. The van der Waals surface area contributed by atoms with Gasteiger partial charge in [-0.1, -0.05) is 5.16 Å². The van der Waals surface area contributed by atoms with Gasteiger partial charge >= 0.3 is 0 Å². The van der Waals surface area contributed by atoms with E-state index in [1.165, 1.54) is 0 Å². The zero-order chi connectivity index (χ0) is 11.7. The summed E-state index contributed by atoms with van der Waals surface area (Å²) < 4.78 is 4.94. The third-order valence-corrected chi connectivity index (χ3v) is 3.28. The van der Waals surface area contributed by atoms with Gasteiger partial charge in [0.2, 0.25) is 5.76 Å². The molecule has 0 unspecified atom stereocenters. The number of carbonyl (C=O) groups excluding carboxylic acids is 1. The van der Waals surface area contributed by atoms with E-state index in [0.717, 1.165) is 36.9 Å². The third-order valence-electron chi connectivity index (χ3n) is 3.28. The molecule has 1 saturated carbocycles. The van der Waals surface area contributed by atoms with Gasteiger partial charge in [-0.15, -0.1) is 0 Å². The summed E-state index contributed by atoms with van der Waals surface area (Å²) in [4.78, 5) is 11.1. The van der Waals surface area contributed by atoms with E-state index in [1.807, 2.05) is 6.92 Å². The van der Waals surface area contributed by atoms with Crippen LogP contribution in [-0.2, 0) is 6.42 Å². The van der Waals surface area contributed by atoms with Crippen LogP contribution in [0.1, 0.15) is 41.1 Å². The molecule has 1 fully saturated rings. The van der Waals surface area contributed by atoms with Crippen molar-refractivity contribution >= 4 is 5.91 Å². The van der Waals surface area contributed by atoms with Crippen LogP contribution in [0, 0.1) is 12.8 Å². The molecule has 1 aliphatic carbocycles. The molecule has 5 heteroatoms. The van der Waals surface area contributed by atoms with Crippen molar-refractivity contribution in [1.29, 1.82) is 0 Å². The van der Waals surface area contributed by atoms with Crippen LogP contribution in [0.15, 0.2) is 4.52 Å². The van der Waals surface area contributed by atoms with E-state index in [-0.39, 0.29) is 5.76 Å². The van der Waals surface area contributed by atoms with Crippen LogP contribution in [0.2, 0.25) is 0 Å². The highest BCUT2D eigenvalue weighted by Crippen LogP contribution is 2.29.